The fourth-order valence-electron chi connectivity index (χ4n) is 2.31. The van der Waals surface area contributed by atoms with Crippen LogP contribution < -0.4 is 10.2 Å². The molecule has 0 aliphatic carbocycles. The largest absolute Gasteiger partial charge is 0.378 e. The number of nitrogens with one attached hydrogen (secondary N) is 1. The molecule has 1 N–H and O–H groups in total. The van der Waals surface area contributed by atoms with Crippen LogP contribution in [0.3, 0.4) is 0 Å². The van der Waals surface area contributed by atoms with Crippen molar-refractivity contribution < 1.29 is 13.9 Å². The normalized spacial score (nSPS) is 14.6. The molecule has 5 nitrogen and oxygen atoms in total. The van der Waals surface area contributed by atoms with Gasteiger partial charge in [0.15, 0.2) is 0 Å². The van der Waals surface area contributed by atoms with Gasteiger partial charge in [0.1, 0.15) is 11.6 Å². The predicted octanol–water partition coefficient (Wildman–Crippen LogP) is 3.07. The number of aromatic nitrogens is 1. The lowest BCUT2D eigenvalue weighted by atomic mass is 10.2. The second-order valence-electron chi connectivity index (χ2n) is 5.08. The number of anilines is 2. The maximum absolute atomic E-state index is 13.8. The fourth-order valence-corrected chi connectivity index (χ4v) is 2.64. The molecular formula is C16H15BrFN3O2. The van der Waals surface area contributed by atoms with Gasteiger partial charge in [0, 0.05) is 17.6 Å². The van der Waals surface area contributed by atoms with Crippen LogP contribution in [0.2, 0.25) is 0 Å². The molecular weight excluding hydrogens is 365 g/mol. The van der Waals surface area contributed by atoms with E-state index in [1.807, 2.05) is 6.07 Å². The lowest BCUT2D eigenvalue weighted by Gasteiger charge is -2.27. The van der Waals surface area contributed by atoms with Crippen LogP contribution in [-0.2, 0) is 4.74 Å². The van der Waals surface area contributed by atoms with Crippen LogP contribution in [0.15, 0.2) is 41.0 Å². The zero-order chi connectivity index (χ0) is 16.2. The summed E-state index contributed by atoms with van der Waals surface area (Å²) < 4.78 is 19.7. The van der Waals surface area contributed by atoms with Crippen molar-refractivity contribution in [1.82, 2.24) is 4.98 Å². The first-order chi connectivity index (χ1) is 11.1. The summed E-state index contributed by atoms with van der Waals surface area (Å²) in [4.78, 5) is 18.6. The van der Waals surface area contributed by atoms with E-state index in [0.717, 1.165) is 18.9 Å². The van der Waals surface area contributed by atoms with Crippen LogP contribution >= 0.6 is 15.9 Å². The number of hydrogen-bond donors (Lipinski definition) is 1. The van der Waals surface area contributed by atoms with Crippen LogP contribution in [0.5, 0.6) is 0 Å². The number of carbonyl (C=O) groups excluding carboxylic acids is 1. The van der Waals surface area contributed by atoms with E-state index >= 15 is 0 Å². The standard InChI is InChI=1S/C16H15BrFN3O2/c17-11-1-3-13(14(18)9-11)16(22)20-12-2-4-15(19-10-12)21-5-7-23-8-6-21/h1-4,9-10H,5-8H2,(H,20,22). The number of halogens is 2. The van der Waals surface area contributed by atoms with Crippen molar-refractivity contribution in [2.45, 2.75) is 0 Å². The van der Waals surface area contributed by atoms with Gasteiger partial charge in [-0.15, -0.1) is 0 Å². The predicted molar refractivity (Wildman–Crippen MR) is 89.3 cm³/mol. The summed E-state index contributed by atoms with van der Waals surface area (Å²) in [5.41, 5.74) is 0.514. The monoisotopic (exact) mass is 379 g/mol. The molecule has 1 amide bonds. The number of rotatable bonds is 3. The molecule has 1 fully saturated rings. The number of nitrogens with zero attached hydrogens (tertiary/aromatic N) is 2. The number of benzene rings is 1. The van der Waals surface area contributed by atoms with Crippen LogP contribution in [0, 0.1) is 5.82 Å². The average molecular weight is 380 g/mol. The fraction of sp³-hybridized carbons (Fsp3) is 0.250. The second-order valence-corrected chi connectivity index (χ2v) is 6.00. The maximum atomic E-state index is 13.8. The SMILES string of the molecule is O=C(Nc1ccc(N2CCOCC2)nc1)c1ccc(Br)cc1F. The Hall–Kier alpha value is -1.99. The Kier molecular flexibility index (Phi) is 4.88. The summed E-state index contributed by atoms with van der Waals surface area (Å²) in [6.45, 7) is 2.96. The van der Waals surface area contributed by atoms with Crippen LogP contribution in [0.25, 0.3) is 0 Å². The van der Waals surface area contributed by atoms with E-state index in [2.05, 4.69) is 31.1 Å². The molecule has 0 radical (unpaired) electrons. The summed E-state index contributed by atoms with van der Waals surface area (Å²) in [7, 11) is 0. The van der Waals surface area contributed by atoms with Crippen molar-refractivity contribution >= 4 is 33.3 Å². The minimum absolute atomic E-state index is 0.00884. The summed E-state index contributed by atoms with van der Waals surface area (Å²) in [6, 6.07) is 7.90. The van der Waals surface area contributed by atoms with Gasteiger partial charge < -0.3 is 15.0 Å². The Labute approximate surface area is 141 Å². The summed E-state index contributed by atoms with van der Waals surface area (Å²) in [6.07, 6.45) is 1.57. The first kappa shape index (κ1) is 15.9. The zero-order valence-electron chi connectivity index (χ0n) is 12.3. The topological polar surface area (TPSA) is 54.5 Å². The third-order valence-corrected chi connectivity index (χ3v) is 4.01. The van der Waals surface area contributed by atoms with Crippen LogP contribution in [-0.4, -0.2) is 37.2 Å². The molecule has 23 heavy (non-hydrogen) atoms. The molecule has 1 aromatic heterocycles. The van der Waals surface area contributed by atoms with Crippen molar-refractivity contribution in [3.05, 3.63) is 52.4 Å². The minimum atomic E-state index is -0.574. The van der Waals surface area contributed by atoms with Gasteiger partial charge in [0.05, 0.1) is 30.7 Å². The van der Waals surface area contributed by atoms with Crippen LogP contribution in [0.1, 0.15) is 10.4 Å². The molecule has 0 spiro atoms. The van der Waals surface area contributed by atoms with Crippen molar-refractivity contribution in [1.29, 1.82) is 0 Å². The highest BCUT2D eigenvalue weighted by atomic mass is 79.9. The van der Waals surface area contributed by atoms with Gasteiger partial charge >= 0.3 is 0 Å². The smallest absolute Gasteiger partial charge is 0.258 e. The van der Waals surface area contributed by atoms with Gasteiger partial charge in [-0.3, -0.25) is 4.79 Å². The number of morpholine rings is 1. The minimum Gasteiger partial charge on any atom is -0.378 e. The average Bonchev–Trinajstić information content (AvgIpc) is 2.56. The number of hydrogen-bond acceptors (Lipinski definition) is 4. The second kappa shape index (κ2) is 7.06. The zero-order valence-corrected chi connectivity index (χ0v) is 13.8. The van der Waals surface area contributed by atoms with Gasteiger partial charge in [-0.1, -0.05) is 15.9 Å². The lowest BCUT2D eigenvalue weighted by molar-refractivity contribution is 0.102. The van der Waals surface area contributed by atoms with E-state index in [0.29, 0.717) is 23.4 Å². The number of pyridine rings is 1. The Morgan fingerprint density at radius 2 is 2.04 bits per heavy atom. The van der Waals surface area contributed by atoms with E-state index in [9.17, 15) is 9.18 Å². The lowest BCUT2D eigenvalue weighted by Crippen LogP contribution is -2.36. The van der Waals surface area contributed by atoms with Crippen molar-refractivity contribution in [2.24, 2.45) is 0 Å². The van der Waals surface area contributed by atoms with Gasteiger partial charge in [-0.2, -0.15) is 0 Å². The molecule has 1 aliphatic heterocycles. The Balaban J connectivity index is 1.69. The van der Waals surface area contributed by atoms with Crippen molar-refractivity contribution in [3.63, 3.8) is 0 Å². The van der Waals surface area contributed by atoms with E-state index < -0.39 is 11.7 Å². The quantitative estimate of drug-likeness (QED) is 0.890. The Morgan fingerprint density at radius 3 is 2.70 bits per heavy atom. The molecule has 2 heterocycles. The molecule has 0 bridgehead atoms. The molecule has 3 rings (SSSR count). The number of ether oxygens (including phenoxy) is 1. The molecule has 2 aromatic rings. The van der Waals surface area contributed by atoms with Gasteiger partial charge in [-0.25, -0.2) is 9.37 Å². The molecule has 0 unspecified atom stereocenters. The first-order valence-electron chi connectivity index (χ1n) is 7.18. The number of amides is 1. The third kappa shape index (κ3) is 3.86. The van der Waals surface area contributed by atoms with E-state index in [4.69, 9.17) is 4.74 Å². The van der Waals surface area contributed by atoms with Crippen molar-refractivity contribution in [2.75, 3.05) is 36.5 Å². The highest BCUT2D eigenvalue weighted by molar-refractivity contribution is 9.10. The molecule has 0 atom stereocenters. The van der Waals surface area contributed by atoms with Crippen LogP contribution in [0.4, 0.5) is 15.9 Å². The molecule has 1 aliphatic rings. The first-order valence-corrected chi connectivity index (χ1v) is 7.98. The summed E-state index contributed by atoms with van der Waals surface area (Å²) in [5.74, 6) is -0.244. The maximum Gasteiger partial charge on any atom is 0.258 e. The Bertz CT molecular complexity index is 703. The Morgan fingerprint density at radius 1 is 1.26 bits per heavy atom. The van der Waals surface area contributed by atoms with Gasteiger partial charge in [0.2, 0.25) is 0 Å². The highest BCUT2D eigenvalue weighted by Crippen LogP contribution is 2.18. The summed E-state index contributed by atoms with van der Waals surface area (Å²) in [5, 5.41) is 2.65. The van der Waals surface area contributed by atoms with Gasteiger partial charge in [-0.05, 0) is 30.3 Å². The molecule has 120 valence electrons. The van der Waals surface area contributed by atoms with Crippen molar-refractivity contribution in [3.8, 4) is 0 Å². The third-order valence-electron chi connectivity index (χ3n) is 3.52. The molecule has 1 saturated heterocycles. The number of carbonyl (C=O) groups is 1. The molecule has 7 heteroatoms. The van der Waals surface area contributed by atoms with E-state index in [-0.39, 0.29) is 5.56 Å². The highest BCUT2D eigenvalue weighted by Gasteiger charge is 2.14. The van der Waals surface area contributed by atoms with Gasteiger partial charge in [0.25, 0.3) is 5.91 Å². The molecule has 0 saturated carbocycles. The summed E-state index contributed by atoms with van der Waals surface area (Å²) >= 11 is 3.16. The van der Waals surface area contributed by atoms with E-state index in [1.54, 1.807) is 18.3 Å². The van der Waals surface area contributed by atoms with E-state index in [1.165, 1.54) is 12.1 Å². The molecule has 1 aromatic carbocycles.